The lowest BCUT2D eigenvalue weighted by Gasteiger charge is -2.00. The van der Waals surface area contributed by atoms with Crippen LogP contribution in [0, 0.1) is 0 Å². The predicted molar refractivity (Wildman–Crippen MR) is 54.6 cm³/mol. The van der Waals surface area contributed by atoms with Crippen molar-refractivity contribution in [1.29, 1.82) is 0 Å². The third-order valence-electron chi connectivity index (χ3n) is 2.40. The van der Waals surface area contributed by atoms with Crippen molar-refractivity contribution in [2.75, 3.05) is 0 Å². The van der Waals surface area contributed by atoms with Gasteiger partial charge in [0.15, 0.2) is 0 Å². The van der Waals surface area contributed by atoms with Crippen LogP contribution in [0.2, 0.25) is 0 Å². The van der Waals surface area contributed by atoms with Crippen molar-refractivity contribution in [3.63, 3.8) is 0 Å². The number of carboxylic acid groups (broad SMARTS) is 1. The number of halogens is 3. The van der Waals surface area contributed by atoms with E-state index < -0.39 is 17.8 Å². The number of fused-ring (bicyclic) bond motifs is 1. The molecular formula is C11H8F3NO2. The van der Waals surface area contributed by atoms with E-state index in [0.29, 0.717) is 10.9 Å². The Kier molecular flexibility index (Phi) is 2.57. The first-order valence-electron chi connectivity index (χ1n) is 4.77. The van der Waals surface area contributed by atoms with E-state index in [4.69, 9.17) is 5.11 Å². The molecule has 2 aromatic rings. The summed E-state index contributed by atoms with van der Waals surface area (Å²) < 4.78 is 37.4. The van der Waals surface area contributed by atoms with Crippen molar-refractivity contribution in [1.82, 2.24) is 4.98 Å². The van der Waals surface area contributed by atoms with Gasteiger partial charge in [0, 0.05) is 10.9 Å². The van der Waals surface area contributed by atoms with Gasteiger partial charge < -0.3 is 10.1 Å². The van der Waals surface area contributed by atoms with Crippen molar-refractivity contribution in [2.24, 2.45) is 0 Å². The summed E-state index contributed by atoms with van der Waals surface area (Å²) in [7, 11) is 0. The van der Waals surface area contributed by atoms with Gasteiger partial charge >= 0.3 is 12.1 Å². The molecule has 0 unspecified atom stereocenters. The van der Waals surface area contributed by atoms with E-state index in [1.54, 1.807) is 0 Å². The molecule has 6 heteroatoms. The van der Waals surface area contributed by atoms with E-state index in [2.05, 4.69) is 4.98 Å². The first-order chi connectivity index (χ1) is 7.88. The third kappa shape index (κ3) is 2.25. The number of carbonyl (C=O) groups is 1. The summed E-state index contributed by atoms with van der Waals surface area (Å²) >= 11 is 0. The van der Waals surface area contributed by atoms with Gasteiger partial charge in [-0.3, -0.25) is 4.79 Å². The van der Waals surface area contributed by atoms with Crippen LogP contribution >= 0.6 is 0 Å². The SMILES string of the molecule is O=C(O)Cc1cccc2[nH]c(C(F)(F)F)cc12. The van der Waals surface area contributed by atoms with Crippen LogP contribution in [0.5, 0.6) is 0 Å². The summed E-state index contributed by atoms with van der Waals surface area (Å²) in [5, 5.41) is 8.95. The average molecular weight is 243 g/mol. The zero-order valence-corrected chi connectivity index (χ0v) is 8.51. The van der Waals surface area contributed by atoms with Gasteiger partial charge in [-0.1, -0.05) is 12.1 Å². The second-order valence-electron chi connectivity index (χ2n) is 3.63. The highest BCUT2D eigenvalue weighted by atomic mass is 19.4. The van der Waals surface area contributed by atoms with Crippen molar-refractivity contribution in [3.05, 3.63) is 35.5 Å². The van der Waals surface area contributed by atoms with Crippen LogP contribution < -0.4 is 0 Å². The minimum absolute atomic E-state index is 0.288. The number of carboxylic acids is 1. The van der Waals surface area contributed by atoms with E-state index in [0.717, 1.165) is 6.07 Å². The van der Waals surface area contributed by atoms with E-state index in [-0.39, 0.29) is 11.9 Å². The number of alkyl halides is 3. The van der Waals surface area contributed by atoms with Crippen LogP contribution in [0.4, 0.5) is 13.2 Å². The van der Waals surface area contributed by atoms with Crippen molar-refractivity contribution < 1.29 is 23.1 Å². The standard InChI is InChI=1S/C11H8F3NO2/c12-11(13,14)9-5-7-6(4-10(16)17)2-1-3-8(7)15-9/h1-3,5,15H,4H2,(H,16,17). The molecular weight excluding hydrogens is 235 g/mol. The van der Waals surface area contributed by atoms with E-state index >= 15 is 0 Å². The van der Waals surface area contributed by atoms with Gasteiger partial charge in [0.05, 0.1) is 6.42 Å². The lowest BCUT2D eigenvalue weighted by Crippen LogP contribution is -2.04. The second kappa shape index (κ2) is 3.80. The Balaban J connectivity index is 2.57. The molecule has 0 aliphatic rings. The zero-order chi connectivity index (χ0) is 12.6. The van der Waals surface area contributed by atoms with Crippen LogP contribution in [-0.4, -0.2) is 16.1 Å². The quantitative estimate of drug-likeness (QED) is 0.852. The van der Waals surface area contributed by atoms with Gasteiger partial charge in [-0.2, -0.15) is 13.2 Å². The molecule has 0 spiro atoms. The summed E-state index contributed by atoms with van der Waals surface area (Å²) in [5.41, 5.74) is -0.219. The molecule has 0 atom stereocenters. The maximum atomic E-state index is 12.5. The first-order valence-corrected chi connectivity index (χ1v) is 4.77. The Morgan fingerprint density at radius 3 is 2.65 bits per heavy atom. The molecule has 1 aromatic heterocycles. The van der Waals surface area contributed by atoms with E-state index in [1.165, 1.54) is 18.2 Å². The van der Waals surface area contributed by atoms with Gasteiger partial charge in [-0.05, 0) is 17.7 Å². The van der Waals surface area contributed by atoms with Crippen molar-refractivity contribution >= 4 is 16.9 Å². The summed E-state index contributed by atoms with van der Waals surface area (Å²) in [6.07, 6.45) is -4.76. The number of hydrogen-bond donors (Lipinski definition) is 2. The third-order valence-corrected chi connectivity index (χ3v) is 2.40. The number of hydrogen-bond acceptors (Lipinski definition) is 1. The lowest BCUT2D eigenvalue weighted by molar-refractivity contribution is -0.140. The number of aliphatic carboxylic acids is 1. The fourth-order valence-electron chi connectivity index (χ4n) is 1.69. The molecule has 0 saturated heterocycles. The maximum Gasteiger partial charge on any atom is 0.431 e. The molecule has 0 bridgehead atoms. The van der Waals surface area contributed by atoms with Crippen LogP contribution in [0.1, 0.15) is 11.3 Å². The normalized spacial score (nSPS) is 11.9. The zero-order valence-electron chi connectivity index (χ0n) is 8.51. The maximum absolute atomic E-state index is 12.5. The highest BCUT2D eigenvalue weighted by Crippen LogP contribution is 2.32. The van der Waals surface area contributed by atoms with Gasteiger partial charge in [0.1, 0.15) is 5.69 Å². The van der Waals surface area contributed by atoms with E-state index in [1.807, 2.05) is 0 Å². The van der Waals surface area contributed by atoms with Gasteiger partial charge in [-0.15, -0.1) is 0 Å². The fourth-order valence-corrected chi connectivity index (χ4v) is 1.69. The molecule has 1 aromatic carbocycles. The predicted octanol–water partition coefficient (Wildman–Crippen LogP) is 2.81. The molecule has 0 amide bonds. The molecule has 17 heavy (non-hydrogen) atoms. The summed E-state index contributed by atoms with van der Waals surface area (Å²) in [6, 6.07) is 5.45. The van der Waals surface area contributed by atoms with Crippen LogP contribution in [0.25, 0.3) is 10.9 Å². The van der Waals surface area contributed by atoms with Gasteiger partial charge in [0.25, 0.3) is 0 Å². The van der Waals surface area contributed by atoms with Gasteiger partial charge in [0.2, 0.25) is 0 Å². The molecule has 0 fully saturated rings. The number of aromatic nitrogens is 1. The number of H-pyrrole nitrogens is 1. The van der Waals surface area contributed by atoms with Crippen molar-refractivity contribution in [2.45, 2.75) is 12.6 Å². The summed E-state index contributed by atoms with van der Waals surface area (Å²) in [4.78, 5) is 12.8. The summed E-state index contributed by atoms with van der Waals surface area (Å²) in [5.74, 6) is -1.08. The van der Waals surface area contributed by atoms with Crippen LogP contribution in [0.15, 0.2) is 24.3 Å². The van der Waals surface area contributed by atoms with Crippen molar-refractivity contribution in [3.8, 4) is 0 Å². The molecule has 90 valence electrons. The molecule has 0 radical (unpaired) electrons. The average Bonchev–Trinajstić information content (AvgIpc) is 2.60. The number of benzene rings is 1. The molecule has 0 aliphatic heterocycles. The Morgan fingerprint density at radius 1 is 1.35 bits per heavy atom. The van der Waals surface area contributed by atoms with Crippen LogP contribution in [0.3, 0.4) is 0 Å². The Bertz CT molecular complexity index is 572. The minimum atomic E-state index is -4.46. The molecule has 0 aliphatic carbocycles. The Hall–Kier alpha value is -1.98. The minimum Gasteiger partial charge on any atom is -0.481 e. The molecule has 2 N–H and O–H groups in total. The van der Waals surface area contributed by atoms with Crippen LogP contribution in [-0.2, 0) is 17.4 Å². The molecule has 3 nitrogen and oxygen atoms in total. The highest BCUT2D eigenvalue weighted by Gasteiger charge is 2.32. The topological polar surface area (TPSA) is 53.1 Å². The van der Waals surface area contributed by atoms with Gasteiger partial charge in [-0.25, -0.2) is 0 Å². The molecule has 0 saturated carbocycles. The second-order valence-corrected chi connectivity index (χ2v) is 3.63. The summed E-state index contributed by atoms with van der Waals surface area (Å²) in [6.45, 7) is 0. The largest absolute Gasteiger partial charge is 0.481 e. The Labute approximate surface area is 93.9 Å². The number of nitrogens with one attached hydrogen (secondary N) is 1. The first kappa shape index (κ1) is 11.5. The Morgan fingerprint density at radius 2 is 2.06 bits per heavy atom. The number of aromatic amines is 1. The monoisotopic (exact) mass is 243 g/mol. The smallest absolute Gasteiger partial charge is 0.431 e. The number of rotatable bonds is 2. The molecule has 1 heterocycles. The fraction of sp³-hybridized carbons (Fsp3) is 0.182. The molecule has 2 rings (SSSR count). The lowest BCUT2D eigenvalue weighted by atomic mass is 10.1. The highest BCUT2D eigenvalue weighted by molar-refractivity contribution is 5.87. The van der Waals surface area contributed by atoms with E-state index in [9.17, 15) is 18.0 Å².